The molecule has 2 aliphatic rings. The van der Waals surface area contributed by atoms with Crippen molar-refractivity contribution in [2.75, 3.05) is 19.6 Å². The molecular weight excluding hydrogens is 244 g/mol. The van der Waals surface area contributed by atoms with Gasteiger partial charge in [0.1, 0.15) is 0 Å². The zero-order chi connectivity index (χ0) is 13.8. The molecule has 3 amide bonds. The normalized spacial score (nSPS) is 25.8. The Kier molecular flexibility index (Phi) is 4.76. The number of amides is 3. The van der Waals surface area contributed by atoms with Gasteiger partial charge in [-0.05, 0) is 51.6 Å². The Morgan fingerprint density at radius 2 is 2.11 bits per heavy atom. The maximum absolute atomic E-state index is 11.8. The lowest BCUT2D eigenvalue weighted by atomic mass is 9.96. The molecule has 2 fully saturated rings. The van der Waals surface area contributed by atoms with Crippen molar-refractivity contribution in [1.82, 2.24) is 15.5 Å². The molecule has 6 nitrogen and oxygen atoms in total. The summed E-state index contributed by atoms with van der Waals surface area (Å²) in [6, 6.07) is -0.344. The molecule has 6 heteroatoms. The smallest absolute Gasteiger partial charge is 0.318 e. The van der Waals surface area contributed by atoms with Crippen molar-refractivity contribution in [3.05, 3.63) is 0 Å². The first-order chi connectivity index (χ1) is 9.06. The lowest BCUT2D eigenvalue weighted by Gasteiger charge is -2.36. The molecular formula is C13H24N4O2. The zero-order valence-electron chi connectivity index (χ0n) is 11.5. The Morgan fingerprint density at radius 3 is 2.74 bits per heavy atom. The van der Waals surface area contributed by atoms with E-state index < -0.39 is 6.03 Å². The first kappa shape index (κ1) is 14.3. The molecule has 1 heterocycles. The molecule has 0 bridgehead atoms. The summed E-state index contributed by atoms with van der Waals surface area (Å²) in [4.78, 5) is 24.6. The highest BCUT2D eigenvalue weighted by Crippen LogP contribution is 2.22. The van der Waals surface area contributed by atoms with Gasteiger partial charge in [-0.25, -0.2) is 4.79 Å². The highest BCUT2D eigenvalue weighted by molar-refractivity contribution is 5.96. The fraction of sp³-hybridized carbons (Fsp3) is 0.846. The number of carbonyl (C=O) groups excluding carboxylic acids is 2. The van der Waals surface area contributed by atoms with Crippen LogP contribution >= 0.6 is 0 Å². The molecule has 1 saturated heterocycles. The number of nitrogens with one attached hydrogen (secondary N) is 2. The van der Waals surface area contributed by atoms with Crippen molar-refractivity contribution < 1.29 is 9.59 Å². The van der Waals surface area contributed by atoms with Gasteiger partial charge in [0.05, 0.1) is 6.04 Å². The summed E-state index contributed by atoms with van der Waals surface area (Å²) in [5.74, 6) is 0.293. The summed E-state index contributed by atoms with van der Waals surface area (Å²) in [6.07, 6.45) is 4.91. The van der Waals surface area contributed by atoms with E-state index in [1.54, 1.807) is 0 Å². The van der Waals surface area contributed by atoms with Crippen molar-refractivity contribution >= 4 is 11.9 Å². The van der Waals surface area contributed by atoms with Gasteiger partial charge in [0.15, 0.2) is 0 Å². The van der Waals surface area contributed by atoms with Gasteiger partial charge >= 0.3 is 6.03 Å². The van der Waals surface area contributed by atoms with Crippen LogP contribution < -0.4 is 16.4 Å². The molecule has 1 aliphatic heterocycles. The second kappa shape index (κ2) is 6.34. The second-order valence-electron chi connectivity index (χ2n) is 5.72. The van der Waals surface area contributed by atoms with Gasteiger partial charge in [-0.1, -0.05) is 0 Å². The van der Waals surface area contributed by atoms with Gasteiger partial charge in [0, 0.05) is 12.6 Å². The summed E-state index contributed by atoms with van der Waals surface area (Å²) in [5, 5.41) is 5.70. The maximum atomic E-state index is 11.8. The molecule has 1 saturated carbocycles. The summed E-state index contributed by atoms with van der Waals surface area (Å²) >= 11 is 0. The molecule has 4 N–H and O–H groups in total. The van der Waals surface area contributed by atoms with Gasteiger partial charge in [-0.2, -0.15) is 0 Å². The number of likely N-dealkylation sites (tertiary alicyclic amines) is 1. The number of imide groups is 1. The lowest BCUT2D eigenvalue weighted by molar-refractivity contribution is -0.125. The van der Waals surface area contributed by atoms with E-state index in [0.717, 1.165) is 32.1 Å². The van der Waals surface area contributed by atoms with E-state index in [-0.39, 0.29) is 11.9 Å². The van der Waals surface area contributed by atoms with E-state index in [0.29, 0.717) is 5.92 Å². The fourth-order valence-electron chi connectivity index (χ4n) is 2.63. The van der Waals surface area contributed by atoms with Gasteiger partial charge in [0.25, 0.3) is 0 Å². The molecule has 0 aromatic carbocycles. The van der Waals surface area contributed by atoms with E-state index in [1.807, 2.05) is 6.92 Å². The molecule has 0 aromatic rings. The third-order valence-corrected chi connectivity index (χ3v) is 4.00. The highest BCUT2D eigenvalue weighted by Gasteiger charge is 2.29. The summed E-state index contributed by atoms with van der Waals surface area (Å²) in [6.45, 7) is 4.68. The Balaban J connectivity index is 1.77. The van der Waals surface area contributed by atoms with E-state index in [9.17, 15) is 9.59 Å². The number of hydrogen-bond donors (Lipinski definition) is 3. The van der Waals surface area contributed by atoms with Crippen molar-refractivity contribution in [2.45, 2.75) is 44.7 Å². The Bertz CT molecular complexity index is 344. The topological polar surface area (TPSA) is 87.5 Å². The van der Waals surface area contributed by atoms with Gasteiger partial charge in [-0.15, -0.1) is 0 Å². The molecule has 0 spiro atoms. The minimum atomic E-state index is -0.777. The molecule has 0 radical (unpaired) electrons. The number of hydrogen-bond acceptors (Lipinski definition) is 4. The van der Waals surface area contributed by atoms with E-state index in [1.165, 1.54) is 19.3 Å². The number of piperidine rings is 1. The first-order valence-corrected chi connectivity index (χ1v) is 7.14. The highest BCUT2D eigenvalue weighted by atomic mass is 16.2. The summed E-state index contributed by atoms with van der Waals surface area (Å²) in [7, 11) is 0. The molecule has 0 aromatic heterocycles. The summed E-state index contributed by atoms with van der Waals surface area (Å²) < 4.78 is 0. The lowest BCUT2D eigenvalue weighted by Crippen LogP contribution is -2.52. The molecule has 1 aliphatic carbocycles. The number of nitrogens with zero attached hydrogens (tertiary/aromatic N) is 1. The predicted octanol–water partition coefficient (Wildman–Crippen LogP) is 0.0338. The van der Waals surface area contributed by atoms with Crippen LogP contribution in [0.4, 0.5) is 4.79 Å². The quantitative estimate of drug-likeness (QED) is 0.656. The molecule has 2 unspecified atom stereocenters. The van der Waals surface area contributed by atoms with Crippen LogP contribution in [-0.4, -0.2) is 48.6 Å². The van der Waals surface area contributed by atoms with E-state index >= 15 is 0 Å². The van der Waals surface area contributed by atoms with E-state index in [4.69, 9.17) is 5.73 Å². The van der Waals surface area contributed by atoms with Crippen LogP contribution in [0.3, 0.4) is 0 Å². The zero-order valence-corrected chi connectivity index (χ0v) is 11.5. The van der Waals surface area contributed by atoms with Gasteiger partial charge < -0.3 is 11.1 Å². The van der Waals surface area contributed by atoms with Crippen molar-refractivity contribution in [2.24, 2.45) is 11.7 Å². The molecule has 2 atom stereocenters. The number of primary amides is 1. The van der Waals surface area contributed by atoms with Crippen LogP contribution in [0, 0.1) is 5.92 Å². The molecule has 108 valence electrons. The van der Waals surface area contributed by atoms with Crippen LogP contribution in [0.25, 0.3) is 0 Å². The van der Waals surface area contributed by atoms with Crippen LogP contribution in [0.15, 0.2) is 0 Å². The minimum absolute atomic E-state index is 0.295. The fourth-order valence-corrected chi connectivity index (χ4v) is 2.63. The largest absolute Gasteiger partial charge is 0.351 e. The third-order valence-electron chi connectivity index (χ3n) is 4.00. The number of rotatable bonds is 5. The minimum Gasteiger partial charge on any atom is -0.351 e. The SMILES string of the molecule is CC(C(=O)NC(N)=O)N1CCCC(CNC2CC2)C1. The second-order valence-corrected chi connectivity index (χ2v) is 5.72. The number of urea groups is 1. The Morgan fingerprint density at radius 1 is 1.37 bits per heavy atom. The van der Waals surface area contributed by atoms with Gasteiger partial charge in [-0.3, -0.25) is 15.0 Å². The predicted molar refractivity (Wildman–Crippen MR) is 72.5 cm³/mol. The third kappa shape index (κ3) is 4.47. The average molecular weight is 268 g/mol. The molecule has 2 rings (SSSR count). The Labute approximate surface area is 114 Å². The van der Waals surface area contributed by atoms with Crippen molar-refractivity contribution in [3.8, 4) is 0 Å². The number of carbonyl (C=O) groups is 2. The van der Waals surface area contributed by atoms with Crippen LogP contribution in [0.1, 0.15) is 32.6 Å². The van der Waals surface area contributed by atoms with Crippen LogP contribution in [0.5, 0.6) is 0 Å². The standard InChI is InChI=1S/C13H24N4O2/c1-9(12(18)16-13(14)19)17-6-2-3-10(8-17)7-15-11-4-5-11/h9-11,15H,2-8H2,1H3,(H3,14,16,18,19). The van der Waals surface area contributed by atoms with Gasteiger partial charge in [0.2, 0.25) is 5.91 Å². The average Bonchev–Trinajstić information content (AvgIpc) is 3.19. The maximum Gasteiger partial charge on any atom is 0.318 e. The monoisotopic (exact) mass is 268 g/mol. The van der Waals surface area contributed by atoms with E-state index in [2.05, 4.69) is 15.5 Å². The van der Waals surface area contributed by atoms with Crippen molar-refractivity contribution in [1.29, 1.82) is 0 Å². The number of nitrogens with two attached hydrogens (primary N) is 1. The molecule has 19 heavy (non-hydrogen) atoms. The Hall–Kier alpha value is -1.14. The summed E-state index contributed by atoms with van der Waals surface area (Å²) in [5.41, 5.74) is 4.98. The van der Waals surface area contributed by atoms with Crippen LogP contribution in [0.2, 0.25) is 0 Å². The van der Waals surface area contributed by atoms with Crippen molar-refractivity contribution in [3.63, 3.8) is 0 Å². The van der Waals surface area contributed by atoms with Crippen LogP contribution in [-0.2, 0) is 4.79 Å². The first-order valence-electron chi connectivity index (χ1n) is 7.14.